The van der Waals surface area contributed by atoms with Crippen molar-refractivity contribution in [3.8, 4) is 17.1 Å². The Labute approximate surface area is 166 Å². The van der Waals surface area contributed by atoms with Crippen molar-refractivity contribution >= 4 is 11.8 Å². The molecule has 2 aromatic carbocycles. The highest BCUT2D eigenvalue weighted by molar-refractivity contribution is 7.98. The molecule has 1 N–H and O–H groups in total. The van der Waals surface area contributed by atoms with Crippen LogP contribution in [0.25, 0.3) is 17.1 Å². The van der Waals surface area contributed by atoms with Crippen molar-refractivity contribution in [1.82, 2.24) is 25.0 Å². The van der Waals surface area contributed by atoms with E-state index in [0.29, 0.717) is 34.9 Å². The maximum atomic E-state index is 9.78. The third kappa shape index (κ3) is 4.13. The van der Waals surface area contributed by atoms with Crippen molar-refractivity contribution in [3.05, 3.63) is 72.4 Å². The van der Waals surface area contributed by atoms with E-state index in [2.05, 4.69) is 20.4 Å². The number of rotatable bonds is 7. The van der Waals surface area contributed by atoms with E-state index in [1.165, 1.54) is 11.8 Å². The Morgan fingerprint density at radius 2 is 1.68 bits per heavy atom. The van der Waals surface area contributed by atoms with Crippen LogP contribution in [-0.2, 0) is 12.2 Å². The van der Waals surface area contributed by atoms with Gasteiger partial charge in [0.1, 0.15) is 5.82 Å². The van der Waals surface area contributed by atoms with Crippen LogP contribution in [-0.4, -0.2) is 36.2 Å². The minimum Gasteiger partial charge on any atom is -0.420 e. The summed E-state index contributed by atoms with van der Waals surface area (Å²) in [6.45, 7) is 1.74. The molecule has 2 heterocycles. The van der Waals surface area contributed by atoms with E-state index in [9.17, 15) is 5.11 Å². The number of hydrogen-bond donors (Lipinski definition) is 1. The average Bonchev–Trinajstić information content (AvgIpc) is 3.34. The molecule has 0 amide bonds. The number of aromatic nitrogens is 5. The molecule has 0 aliphatic carbocycles. The van der Waals surface area contributed by atoms with Crippen molar-refractivity contribution in [3.63, 3.8) is 0 Å². The third-order valence-corrected chi connectivity index (χ3v) is 4.92. The number of thioether (sulfide) groups is 1. The minimum absolute atomic E-state index is 0.418. The maximum absolute atomic E-state index is 9.78. The number of aliphatic hydroxyl groups excluding tert-OH is 1. The van der Waals surface area contributed by atoms with Crippen LogP contribution in [0.4, 0.5) is 0 Å². The lowest BCUT2D eigenvalue weighted by Crippen LogP contribution is -2.11. The fourth-order valence-corrected chi connectivity index (χ4v) is 3.57. The summed E-state index contributed by atoms with van der Waals surface area (Å²) in [5.41, 5.74) is 1.83. The first-order valence-corrected chi connectivity index (χ1v) is 9.87. The number of benzene rings is 2. The lowest BCUT2D eigenvalue weighted by Gasteiger charge is -2.10. The molecule has 0 aliphatic rings. The van der Waals surface area contributed by atoms with E-state index >= 15 is 0 Å². The number of para-hydroxylation sites is 1. The highest BCUT2D eigenvalue weighted by Gasteiger charge is 2.17. The second-order valence-electron chi connectivity index (χ2n) is 6.28. The topological polar surface area (TPSA) is 89.9 Å². The van der Waals surface area contributed by atoms with Crippen molar-refractivity contribution in [2.75, 3.05) is 0 Å². The van der Waals surface area contributed by atoms with Gasteiger partial charge in [0, 0.05) is 17.7 Å². The molecule has 4 rings (SSSR count). The highest BCUT2D eigenvalue weighted by Crippen LogP contribution is 2.26. The van der Waals surface area contributed by atoms with E-state index < -0.39 is 6.10 Å². The normalized spacial score (nSPS) is 12.2. The lowest BCUT2D eigenvalue weighted by molar-refractivity contribution is 0.192. The Bertz CT molecular complexity index is 1030. The first-order chi connectivity index (χ1) is 13.7. The number of nitrogens with zero attached hydrogens (tertiary/aromatic N) is 5. The van der Waals surface area contributed by atoms with Crippen LogP contribution in [0, 0.1) is 0 Å². The van der Waals surface area contributed by atoms with Crippen molar-refractivity contribution in [2.45, 2.75) is 30.4 Å². The molecule has 4 aromatic rings. The molecule has 0 bridgehead atoms. The summed E-state index contributed by atoms with van der Waals surface area (Å²) in [5.74, 6) is 2.19. The molecule has 8 heteroatoms. The molecule has 2 aromatic heterocycles. The fourth-order valence-electron chi connectivity index (χ4n) is 2.76. The van der Waals surface area contributed by atoms with Gasteiger partial charge in [0.15, 0.2) is 5.16 Å². The predicted octanol–water partition coefficient (Wildman–Crippen LogP) is 3.53. The van der Waals surface area contributed by atoms with Crippen LogP contribution in [0.5, 0.6) is 0 Å². The molecule has 7 nitrogen and oxygen atoms in total. The molecule has 1 unspecified atom stereocenters. The van der Waals surface area contributed by atoms with E-state index in [1.807, 2.05) is 65.2 Å². The van der Waals surface area contributed by atoms with Crippen LogP contribution in [0.15, 0.2) is 70.2 Å². The number of aliphatic hydroxyl groups is 1. The summed E-state index contributed by atoms with van der Waals surface area (Å²) in [6, 6.07) is 19.5. The summed E-state index contributed by atoms with van der Waals surface area (Å²) >= 11 is 1.46. The molecule has 28 heavy (non-hydrogen) atoms. The van der Waals surface area contributed by atoms with Gasteiger partial charge in [-0.3, -0.25) is 4.57 Å². The van der Waals surface area contributed by atoms with E-state index in [1.54, 1.807) is 6.92 Å². The van der Waals surface area contributed by atoms with Crippen LogP contribution >= 0.6 is 11.8 Å². The van der Waals surface area contributed by atoms with Crippen LogP contribution in [0.3, 0.4) is 0 Å². The average molecular weight is 393 g/mol. The first kappa shape index (κ1) is 18.4. The van der Waals surface area contributed by atoms with Gasteiger partial charge in [-0.25, -0.2) is 0 Å². The quantitative estimate of drug-likeness (QED) is 0.480. The molecule has 0 saturated heterocycles. The molecule has 1 atom stereocenters. The van der Waals surface area contributed by atoms with E-state index in [-0.39, 0.29) is 0 Å². The van der Waals surface area contributed by atoms with Gasteiger partial charge in [-0.05, 0) is 31.2 Å². The van der Waals surface area contributed by atoms with Gasteiger partial charge < -0.3 is 9.52 Å². The molecule has 0 aliphatic heterocycles. The Morgan fingerprint density at radius 1 is 0.964 bits per heavy atom. The van der Waals surface area contributed by atoms with E-state index in [0.717, 1.165) is 11.3 Å². The van der Waals surface area contributed by atoms with Gasteiger partial charge in [0.2, 0.25) is 11.8 Å². The summed E-state index contributed by atoms with van der Waals surface area (Å²) in [6.07, 6.45) is -0.0878. The summed E-state index contributed by atoms with van der Waals surface area (Å²) in [7, 11) is 0. The van der Waals surface area contributed by atoms with Gasteiger partial charge in [-0.2, -0.15) is 0 Å². The minimum atomic E-state index is -0.506. The summed E-state index contributed by atoms with van der Waals surface area (Å²) < 4.78 is 7.72. The Balaban J connectivity index is 1.55. The molecular formula is C20H19N5O2S. The van der Waals surface area contributed by atoms with Gasteiger partial charge in [0.05, 0.1) is 11.9 Å². The predicted molar refractivity (Wildman–Crippen MR) is 106 cm³/mol. The zero-order valence-corrected chi connectivity index (χ0v) is 16.1. The van der Waals surface area contributed by atoms with E-state index in [4.69, 9.17) is 4.42 Å². The highest BCUT2D eigenvalue weighted by atomic mass is 32.2. The second kappa shape index (κ2) is 8.37. The maximum Gasteiger partial charge on any atom is 0.247 e. The zero-order chi connectivity index (χ0) is 19.3. The Morgan fingerprint density at radius 3 is 2.39 bits per heavy atom. The first-order valence-electron chi connectivity index (χ1n) is 8.89. The standard InChI is InChI=1S/C20H19N5O2S/c1-14(26)12-17-21-24-20(25(17)16-10-6-3-7-11-16)28-13-18-22-23-19(27-18)15-8-4-2-5-9-15/h2-11,14,26H,12-13H2,1H3. The van der Waals surface area contributed by atoms with Gasteiger partial charge in [-0.1, -0.05) is 48.2 Å². The fraction of sp³-hybridized carbons (Fsp3) is 0.200. The smallest absolute Gasteiger partial charge is 0.247 e. The van der Waals surface area contributed by atoms with Crippen molar-refractivity contribution < 1.29 is 9.52 Å². The lowest BCUT2D eigenvalue weighted by atomic mass is 10.2. The van der Waals surface area contributed by atoms with Crippen molar-refractivity contribution in [1.29, 1.82) is 0 Å². The Kier molecular flexibility index (Phi) is 5.50. The van der Waals surface area contributed by atoms with Crippen molar-refractivity contribution in [2.24, 2.45) is 0 Å². The largest absolute Gasteiger partial charge is 0.420 e. The van der Waals surface area contributed by atoms with Gasteiger partial charge in [-0.15, -0.1) is 20.4 Å². The Hall–Kier alpha value is -2.97. The molecule has 142 valence electrons. The summed E-state index contributed by atoms with van der Waals surface area (Å²) in [5, 5.41) is 27.3. The molecule has 0 radical (unpaired) electrons. The van der Waals surface area contributed by atoms with Crippen LogP contribution in [0.2, 0.25) is 0 Å². The van der Waals surface area contributed by atoms with Crippen LogP contribution in [0.1, 0.15) is 18.6 Å². The molecule has 0 fully saturated rings. The molecule has 0 saturated carbocycles. The zero-order valence-electron chi connectivity index (χ0n) is 15.3. The summed E-state index contributed by atoms with van der Waals surface area (Å²) in [4.78, 5) is 0. The molecule has 0 spiro atoms. The van der Waals surface area contributed by atoms with Gasteiger partial charge in [0.25, 0.3) is 0 Å². The van der Waals surface area contributed by atoms with Gasteiger partial charge >= 0.3 is 0 Å². The SMILES string of the molecule is CC(O)Cc1nnc(SCc2nnc(-c3ccccc3)o2)n1-c1ccccc1. The third-order valence-electron chi connectivity index (χ3n) is 4.01. The van der Waals surface area contributed by atoms with Crippen LogP contribution < -0.4 is 0 Å². The monoisotopic (exact) mass is 393 g/mol. The molecular weight excluding hydrogens is 374 g/mol. The number of hydrogen-bond acceptors (Lipinski definition) is 7. The second-order valence-corrected chi connectivity index (χ2v) is 7.22.